The van der Waals surface area contributed by atoms with Gasteiger partial charge in [0.15, 0.2) is 0 Å². The first-order valence-electron chi connectivity index (χ1n) is 4.87. The lowest BCUT2D eigenvalue weighted by atomic mass is 10.4. The van der Waals surface area contributed by atoms with Crippen LogP contribution in [0.5, 0.6) is 0 Å². The number of nitrogens with zero attached hydrogens (tertiary/aromatic N) is 2. The van der Waals surface area contributed by atoms with Crippen molar-refractivity contribution in [2.24, 2.45) is 0 Å². The number of pyridine rings is 2. The third-order valence-electron chi connectivity index (χ3n) is 1.90. The van der Waals surface area contributed by atoms with Gasteiger partial charge in [0.2, 0.25) is 0 Å². The minimum absolute atomic E-state index is 0.800. The first-order chi connectivity index (χ1) is 8.15. The molecular weight excluding hydrogens is 412 g/mol. The quantitative estimate of drug-likeness (QED) is 0.611. The highest BCUT2D eigenvalue weighted by Crippen LogP contribution is 2.15. The van der Waals surface area contributed by atoms with E-state index in [9.17, 15) is 0 Å². The molecule has 0 aromatic carbocycles. The molecular formula is C12H11Br3N2. The van der Waals surface area contributed by atoms with E-state index in [4.69, 9.17) is 0 Å². The van der Waals surface area contributed by atoms with Crippen molar-refractivity contribution in [3.63, 3.8) is 0 Å². The monoisotopic (exact) mass is 420 g/mol. The summed E-state index contributed by atoms with van der Waals surface area (Å²) in [5, 5.41) is 0.800. The van der Waals surface area contributed by atoms with Crippen LogP contribution in [0.2, 0.25) is 0 Å². The van der Waals surface area contributed by atoms with Gasteiger partial charge in [0.25, 0.3) is 0 Å². The van der Waals surface area contributed by atoms with Gasteiger partial charge in [0.05, 0.1) is 11.4 Å². The average molecular weight is 423 g/mol. The summed E-state index contributed by atoms with van der Waals surface area (Å²) in [5.41, 5.74) is 2.07. The fourth-order valence-electron chi connectivity index (χ4n) is 0.981. The van der Waals surface area contributed by atoms with Crippen LogP contribution in [0.4, 0.5) is 0 Å². The van der Waals surface area contributed by atoms with E-state index in [1.54, 1.807) is 12.4 Å². The Balaban J connectivity index is 0.000000171. The second-order valence-electron chi connectivity index (χ2n) is 3.14. The van der Waals surface area contributed by atoms with Crippen LogP contribution < -0.4 is 0 Å². The lowest BCUT2D eigenvalue weighted by Crippen LogP contribution is -1.83. The molecule has 17 heavy (non-hydrogen) atoms. The maximum Gasteiger partial charge on any atom is 0.0650 e. The molecule has 0 atom stereocenters. The van der Waals surface area contributed by atoms with Crippen LogP contribution in [0, 0.1) is 6.92 Å². The Kier molecular flexibility index (Phi) is 6.92. The Hall–Kier alpha value is -0.260. The summed E-state index contributed by atoms with van der Waals surface area (Å²) in [6.07, 6.45) is 3.56. The van der Waals surface area contributed by atoms with E-state index >= 15 is 0 Å². The maximum absolute atomic E-state index is 4.10. The van der Waals surface area contributed by atoms with Crippen molar-refractivity contribution < 1.29 is 0 Å². The zero-order valence-corrected chi connectivity index (χ0v) is 14.0. The van der Waals surface area contributed by atoms with Gasteiger partial charge in [0.1, 0.15) is 0 Å². The summed E-state index contributed by atoms with van der Waals surface area (Å²) < 4.78 is 2.13. The van der Waals surface area contributed by atoms with Gasteiger partial charge in [-0.05, 0) is 63.0 Å². The van der Waals surface area contributed by atoms with Crippen molar-refractivity contribution in [3.8, 4) is 0 Å². The molecule has 0 aliphatic heterocycles. The van der Waals surface area contributed by atoms with E-state index < -0.39 is 0 Å². The van der Waals surface area contributed by atoms with Crippen molar-refractivity contribution in [2.45, 2.75) is 12.3 Å². The first kappa shape index (κ1) is 14.8. The van der Waals surface area contributed by atoms with Crippen LogP contribution in [0.3, 0.4) is 0 Å². The van der Waals surface area contributed by atoms with Gasteiger partial charge in [-0.1, -0.05) is 15.9 Å². The van der Waals surface area contributed by atoms with Crippen LogP contribution in [-0.2, 0) is 5.33 Å². The zero-order valence-electron chi connectivity index (χ0n) is 9.20. The van der Waals surface area contributed by atoms with E-state index in [-0.39, 0.29) is 0 Å². The smallest absolute Gasteiger partial charge is 0.0650 e. The molecule has 0 radical (unpaired) electrons. The van der Waals surface area contributed by atoms with Gasteiger partial charge in [-0.15, -0.1) is 0 Å². The topological polar surface area (TPSA) is 25.8 Å². The molecule has 2 rings (SSSR count). The predicted molar refractivity (Wildman–Crippen MR) is 81.2 cm³/mol. The molecule has 2 aromatic heterocycles. The Morgan fingerprint density at radius 2 is 1.59 bits per heavy atom. The average Bonchev–Trinajstić information content (AvgIpc) is 2.34. The molecule has 0 N–H and O–H groups in total. The molecule has 0 aliphatic rings. The zero-order chi connectivity index (χ0) is 12.7. The van der Waals surface area contributed by atoms with Crippen molar-refractivity contribution in [2.75, 3.05) is 0 Å². The minimum Gasteiger partial charge on any atom is -0.260 e. The molecule has 2 heterocycles. The number of halogens is 3. The molecule has 90 valence electrons. The predicted octanol–water partition coefficient (Wildman–Crippen LogP) is 4.89. The standard InChI is InChI=1S/C6H5Br2N.C6H6BrN/c7-4-6-5(8)2-1-3-9-6;1-5-6(7)3-2-4-8-5/h1-3H,4H2;2-4H,1H3. The van der Waals surface area contributed by atoms with Gasteiger partial charge < -0.3 is 0 Å². The third-order valence-corrected chi connectivity index (χ3v) is 3.99. The normalized spacial score (nSPS) is 9.41. The Labute approximate surface area is 126 Å². The van der Waals surface area contributed by atoms with Crippen molar-refractivity contribution in [3.05, 3.63) is 57.0 Å². The summed E-state index contributed by atoms with van der Waals surface area (Å²) in [7, 11) is 0. The minimum atomic E-state index is 0.800. The maximum atomic E-state index is 4.10. The Bertz CT molecular complexity index is 454. The molecule has 0 fully saturated rings. The van der Waals surface area contributed by atoms with E-state index in [2.05, 4.69) is 57.8 Å². The molecule has 0 amide bonds. The summed E-state index contributed by atoms with van der Waals surface area (Å²) in [6, 6.07) is 7.75. The van der Waals surface area contributed by atoms with Gasteiger partial charge in [0, 0.05) is 26.7 Å². The third kappa shape index (κ3) is 5.27. The summed E-state index contributed by atoms with van der Waals surface area (Å²) in [4.78, 5) is 8.13. The summed E-state index contributed by atoms with van der Waals surface area (Å²) in [6.45, 7) is 1.96. The number of aryl methyl sites for hydroxylation is 1. The Morgan fingerprint density at radius 3 is 1.94 bits per heavy atom. The lowest BCUT2D eigenvalue weighted by molar-refractivity contribution is 1.17. The van der Waals surface area contributed by atoms with E-state index in [0.29, 0.717) is 0 Å². The molecule has 2 nitrogen and oxygen atoms in total. The van der Waals surface area contributed by atoms with Gasteiger partial charge in [-0.25, -0.2) is 0 Å². The van der Waals surface area contributed by atoms with Crippen LogP contribution in [0.25, 0.3) is 0 Å². The van der Waals surface area contributed by atoms with Crippen LogP contribution >= 0.6 is 47.8 Å². The lowest BCUT2D eigenvalue weighted by Gasteiger charge is -1.94. The SMILES string of the molecule is BrCc1ncccc1Br.Cc1ncccc1Br. The van der Waals surface area contributed by atoms with Gasteiger partial charge in [-0.2, -0.15) is 0 Å². The fourth-order valence-corrected chi connectivity index (χ4v) is 2.45. The van der Waals surface area contributed by atoms with Gasteiger partial charge in [-0.3, -0.25) is 9.97 Å². The number of rotatable bonds is 1. The number of aromatic nitrogens is 2. The van der Waals surface area contributed by atoms with Crippen molar-refractivity contribution in [1.82, 2.24) is 9.97 Å². The molecule has 2 aromatic rings. The molecule has 0 bridgehead atoms. The highest BCUT2D eigenvalue weighted by Gasteiger charge is 1.94. The molecule has 0 unspecified atom stereocenters. The second kappa shape index (κ2) is 7.95. The van der Waals surface area contributed by atoms with Gasteiger partial charge >= 0.3 is 0 Å². The first-order valence-corrected chi connectivity index (χ1v) is 7.58. The fraction of sp³-hybridized carbons (Fsp3) is 0.167. The highest BCUT2D eigenvalue weighted by molar-refractivity contribution is 9.11. The molecule has 0 aliphatic carbocycles. The number of hydrogen-bond acceptors (Lipinski definition) is 2. The van der Waals surface area contributed by atoms with E-state index in [0.717, 1.165) is 25.7 Å². The molecule has 0 saturated carbocycles. The van der Waals surface area contributed by atoms with Crippen LogP contribution in [0.1, 0.15) is 11.4 Å². The highest BCUT2D eigenvalue weighted by atomic mass is 79.9. The van der Waals surface area contributed by atoms with Crippen LogP contribution in [0.15, 0.2) is 45.6 Å². The van der Waals surface area contributed by atoms with E-state index in [1.165, 1.54) is 0 Å². The van der Waals surface area contributed by atoms with Crippen molar-refractivity contribution in [1.29, 1.82) is 0 Å². The Morgan fingerprint density at radius 1 is 1.00 bits per heavy atom. The molecule has 0 spiro atoms. The van der Waals surface area contributed by atoms with Crippen molar-refractivity contribution >= 4 is 47.8 Å². The second-order valence-corrected chi connectivity index (χ2v) is 5.41. The number of alkyl halides is 1. The van der Waals surface area contributed by atoms with E-state index in [1.807, 2.05) is 31.2 Å². The molecule has 0 saturated heterocycles. The number of hydrogen-bond donors (Lipinski definition) is 0. The molecule has 5 heteroatoms. The largest absolute Gasteiger partial charge is 0.260 e. The van der Waals surface area contributed by atoms with Crippen LogP contribution in [-0.4, -0.2) is 9.97 Å². The summed E-state index contributed by atoms with van der Waals surface area (Å²) >= 11 is 10.0. The summed E-state index contributed by atoms with van der Waals surface area (Å²) in [5.74, 6) is 0.